The van der Waals surface area contributed by atoms with Gasteiger partial charge in [0.05, 0.1) is 29.4 Å². The van der Waals surface area contributed by atoms with Crippen molar-refractivity contribution in [3.63, 3.8) is 0 Å². The summed E-state index contributed by atoms with van der Waals surface area (Å²) in [7, 11) is -30.3. The van der Waals surface area contributed by atoms with E-state index in [0.717, 1.165) is 24.3 Å². The Bertz CT molecular complexity index is 2360. The number of hydrogen-bond acceptors (Lipinski definition) is 18. The van der Waals surface area contributed by atoms with Crippen molar-refractivity contribution in [2.24, 2.45) is 0 Å². The quantitative estimate of drug-likeness (QED) is 0.128. The molecule has 0 atom stereocenters. The van der Waals surface area contributed by atoms with E-state index in [9.17, 15) is 77.8 Å². The van der Waals surface area contributed by atoms with Crippen LogP contribution in [0.5, 0.6) is 0 Å². The Labute approximate surface area is 419 Å². The van der Waals surface area contributed by atoms with Crippen molar-refractivity contribution < 1.29 is 255 Å². The first kappa shape index (κ1) is 59.6. The van der Waals surface area contributed by atoms with Crippen LogP contribution in [-0.4, -0.2) is 77.8 Å². The van der Waals surface area contributed by atoms with E-state index in [1.807, 2.05) is 0 Å². The molecule has 0 aliphatic rings. The van der Waals surface area contributed by atoms with E-state index in [0.29, 0.717) is 36.4 Å². The van der Waals surface area contributed by atoms with Crippen LogP contribution in [-0.2, 0) is 60.7 Å². The van der Waals surface area contributed by atoms with Crippen molar-refractivity contribution in [3.8, 4) is 0 Å². The summed E-state index contributed by atoms with van der Waals surface area (Å²) in [5.74, 6) is 0. The summed E-state index contributed by atoms with van der Waals surface area (Å²) < 4.78 is 199. The number of rotatable bonds is 6. The summed E-state index contributed by atoms with van der Waals surface area (Å²) in [5, 5.41) is -1.34. The second kappa shape index (κ2) is 21.6. The SMILES string of the molecule is O=S(=O)([O-])c1ccc2c(S(=O)(=O)[O-])cc(S(=O)(=O)[O-])cc2c1.O=S(=O)([O-])c1ccc2c(S(=O)(=O)[O-])cc(S(=O)(=O)[O-])cc2c1.[Na+].[Na+].[Na+].[Na+].[Na+].[Na+]. The smallest absolute Gasteiger partial charge is 0.744 e. The zero-order valence-electron chi connectivity index (χ0n) is 26.6. The van der Waals surface area contributed by atoms with Gasteiger partial charge in [-0.1, -0.05) is 12.1 Å². The van der Waals surface area contributed by atoms with Crippen LogP contribution in [0, 0.1) is 0 Å². The molecule has 0 spiro atoms. The van der Waals surface area contributed by atoms with E-state index in [4.69, 9.17) is 0 Å². The predicted octanol–water partition coefficient (Wildman–Crippen LogP) is -18.9. The van der Waals surface area contributed by atoms with Crippen molar-refractivity contribution in [2.75, 3.05) is 0 Å². The topological polar surface area (TPSA) is 343 Å². The maximum Gasteiger partial charge on any atom is 1.00 e. The number of benzene rings is 4. The molecule has 30 heteroatoms. The van der Waals surface area contributed by atoms with Gasteiger partial charge in [0.15, 0.2) is 0 Å². The van der Waals surface area contributed by atoms with Gasteiger partial charge in [-0.15, -0.1) is 0 Å². The third-order valence-corrected chi connectivity index (χ3v) is 10.5. The minimum Gasteiger partial charge on any atom is -0.744 e. The molecule has 0 bridgehead atoms. The second-order valence-corrected chi connectivity index (χ2v) is 16.5. The number of fused-ring (bicyclic) bond motifs is 2. The third-order valence-electron chi connectivity index (χ3n) is 5.41. The van der Waals surface area contributed by atoms with Crippen LogP contribution < -0.4 is 177 Å². The Balaban J connectivity index is -0.000000378. The van der Waals surface area contributed by atoms with Gasteiger partial charge in [0.2, 0.25) is 0 Å². The summed E-state index contributed by atoms with van der Waals surface area (Å²) in [4.78, 5) is -5.61. The largest absolute Gasteiger partial charge is 1.00 e. The summed E-state index contributed by atoms with van der Waals surface area (Å²) in [6, 6.07) is 6.77. The molecule has 4 rings (SSSR count). The Morgan fingerprint density at radius 1 is 0.300 bits per heavy atom. The summed E-state index contributed by atoms with van der Waals surface area (Å²) in [6.45, 7) is 0. The molecule has 0 aliphatic heterocycles. The fourth-order valence-corrected chi connectivity index (χ4v) is 7.27. The van der Waals surface area contributed by atoms with Crippen LogP contribution in [0.25, 0.3) is 21.5 Å². The summed E-state index contributed by atoms with van der Waals surface area (Å²) >= 11 is 0. The van der Waals surface area contributed by atoms with Crippen LogP contribution in [0.3, 0.4) is 0 Å². The van der Waals surface area contributed by atoms with Gasteiger partial charge in [-0.25, -0.2) is 50.5 Å². The van der Waals surface area contributed by atoms with Crippen molar-refractivity contribution in [2.45, 2.75) is 29.4 Å². The minimum atomic E-state index is -5.14. The van der Waals surface area contributed by atoms with E-state index in [2.05, 4.69) is 0 Å². The van der Waals surface area contributed by atoms with Crippen molar-refractivity contribution >= 4 is 82.3 Å². The van der Waals surface area contributed by atoms with Crippen LogP contribution in [0.4, 0.5) is 0 Å². The van der Waals surface area contributed by atoms with Gasteiger partial charge in [-0.05, 0) is 70.1 Å². The molecular weight excluding hydrogens is 859 g/mol. The molecule has 0 aromatic heterocycles. The van der Waals surface area contributed by atoms with Gasteiger partial charge in [-0.2, -0.15) is 0 Å². The maximum absolute atomic E-state index is 11.2. The average molecular weight is 869 g/mol. The molecule has 4 aromatic rings. The second-order valence-electron chi connectivity index (χ2n) is 8.33. The fourth-order valence-electron chi connectivity index (χ4n) is 3.59. The Hall–Kier alpha value is 2.86. The van der Waals surface area contributed by atoms with Gasteiger partial charge in [-0.3, -0.25) is 0 Å². The van der Waals surface area contributed by atoms with Crippen LogP contribution in [0.2, 0.25) is 0 Å². The summed E-state index contributed by atoms with van der Waals surface area (Å²) in [6.07, 6.45) is 0. The predicted molar refractivity (Wildman–Crippen MR) is 136 cm³/mol. The average Bonchev–Trinajstić information content (AvgIpc) is 2.83. The van der Waals surface area contributed by atoms with Gasteiger partial charge in [0, 0.05) is 0 Å². The van der Waals surface area contributed by atoms with Crippen LogP contribution >= 0.6 is 0 Å². The van der Waals surface area contributed by atoms with Gasteiger partial charge in [0.25, 0.3) is 0 Å². The molecule has 0 radical (unpaired) electrons. The molecule has 4 aromatic carbocycles. The third kappa shape index (κ3) is 16.0. The van der Waals surface area contributed by atoms with Crippen LogP contribution in [0.1, 0.15) is 0 Å². The van der Waals surface area contributed by atoms with Gasteiger partial charge >= 0.3 is 177 Å². The van der Waals surface area contributed by atoms with E-state index in [-0.39, 0.29) is 199 Å². The molecular formula is C20H10Na6O18S6. The van der Waals surface area contributed by atoms with Crippen molar-refractivity contribution in [3.05, 3.63) is 60.7 Å². The first-order chi connectivity index (χ1) is 19.6. The zero-order chi connectivity index (χ0) is 33.8. The molecule has 0 saturated heterocycles. The maximum atomic E-state index is 11.2. The molecule has 0 aliphatic carbocycles. The molecule has 240 valence electrons. The summed E-state index contributed by atoms with van der Waals surface area (Å²) in [5.41, 5.74) is 0. The molecule has 0 amide bonds. The van der Waals surface area contributed by atoms with E-state index < -0.39 is 90.1 Å². The first-order valence-corrected chi connectivity index (χ1v) is 19.0. The van der Waals surface area contributed by atoms with E-state index in [1.165, 1.54) is 0 Å². The number of hydrogen-bond donors (Lipinski definition) is 0. The first-order valence-electron chi connectivity index (χ1n) is 10.5. The normalized spacial score (nSPS) is 11.8. The zero-order valence-corrected chi connectivity index (χ0v) is 43.5. The van der Waals surface area contributed by atoms with Gasteiger partial charge < -0.3 is 27.3 Å². The Morgan fingerprint density at radius 2 is 0.520 bits per heavy atom. The van der Waals surface area contributed by atoms with Crippen LogP contribution in [0.15, 0.2) is 90.0 Å². The molecule has 0 N–H and O–H groups in total. The van der Waals surface area contributed by atoms with Crippen molar-refractivity contribution in [1.82, 2.24) is 0 Å². The monoisotopic (exact) mass is 868 g/mol. The van der Waals surface area contributed by atoms with Gasteiger partial charge in [0.1, 0.15) is 60.7 Å². The molecule has 0 fully saturated rings. The molecule has 0 unspecified atom stereocenters. The molecule has 0 saturated carbocycles. The van der Waals surface area contributed by atoms with E-state index >= 15 is 0 Å². The van der Waals surface area contributed by atoms with Crippen molar-refractivity contribution in [1.29, 1.82) is 0 Å². The molecule has 18 nitrogen and oxygen atoms in total. The standard InChI is InChI=1S/2C10H8O9S3.6Na/c2*11-20(12,13)7-1-2-9-6(3-7)4-8(21(14,15)16)5-10(9)22(17,18)19;;;;;;/h2*1-5H,(H,11,12,13)(H,14,15,16)(H,17,18,19);;;;;;/q;;6*+1/p-6. The Morgan fingerprint density at radius 3 is 0.720 bits per heavy atom. The fraction of sp³-hybridized carbons (Fsp3) is 0. The minimum absolute atomic E-state index is 0. The van der Waals surface area contributed by atoms with E-state index in [1.54, 1.807) is 0 Å². The molecule has 0 heterocycles. The molecule has 50 heavy (non-hydrogen) atoms. The Kier molecular flexibility index (Phi) is 25.7.